The molecule has 5 heteroatoms. The van der Waals surface area contributed by atoms with Crippen LogP contribution in [0.15, 0.2) is 48.5 Å². The van der Waals surface area contributed by atoms with Crippen molar-refractivity contribution in [1.29, 1.82) is 0 Å². The van der Waals surface area contributed by atoms with Crippen molar-refractivity contribution in [3.63, 3.8) is 0 Å². The SMILES string of the molecule is COc1ccc(C2=C(C(F)(F)F)c3ccccc3C2(C)O)cc1. The number of fused-ring (bicyclic) bond motifs is 1. The Morgan fingerprint density at radius 1 is 1.00 bits per heavy atom. The summed E-state index contributed by atoms with van der Waals surface area (Å²) in [6.07, 6.45) is -4.56. The molecule has 0 spiro atoms. The molecule has 2 aromatic rings. The number of benzene rings is 2. The second-order valence-electron chi connectivity index (χ2n) is 5.59. The van der Waals surface area contributed by atoms with Gasteiger partial charge < -0.3 is 9.84 Å². The summed E-state index contributed by atoms with van der Waals surface area (Å²) < 4.78 is 46.0. The molecule has 2 aromatic carbocycles. The highest BCUT2D eigenvalue weighted by atomic mass is 19.4. The van der Waals surface area contributed by atoms with Gasteiger partial charge in [-0.15, -0.1) is 0 Å². The van der Waals surface area contributed by atoms with Crippen LogP contribution in [0.25, 0.3) is 11.1 Å². The Kier molecular flexibility index (Phi) is 3.48. The smallest absolute Gasteiger partial charge is 0.417 e. The largest absolute Gasteiger partial charge is 0.497 e. The first kappa shape index (κ1) is 15.6. The Labute approximate surface area is 131 Å². The first-order valence-electron chi connectivity index (χ1n) is 7.05. The molecule has 0 aliphatic heterocycles. The Bertz CT molecular complexity index is 772. The summed E-state index contributed by atoms with van der Waals surface area (Å²) in [5.74, 6) is 0.540. The third-order valence-electron chi connectivity index (χ3n) is 4.12. The normalized spacial score (nSPS) is 20.6. The third kappa shape index (κ3) is 2.41. The van der Waals surface area contributed by atoms with Crippen LogP contribution in [0.5, 0.6) is 5.75 Å². The minimum atomic E-state index is -4.56. The van der Waals surface area contributed by atoms with Crippen molar-refractivity contribution >= 4 is 11.1 Å². The fourth-order valence-electron chi connectivity index (χ4n) is 3.12. The van der Waals surface area contributed by atoms with Crippen LogP contribution < -0.4 is 4.74 Å². The van der Waals surface area contributed by atoms with Gasteiger partial charge in [0.15, 0.2) is 0 Å². The maximum Gasteiger partial charge on any atom is 0.417 e. The van der Waals surface area contributed by atoms with Crippen LogP contribution >= 0.6 is 0 Å². The fraction of sp³-hybridized carbons (Fsp3) is 0.222. The molecule has 0 saturated carbocycles. The minimum absolute atomic E-state index is 0.0239. The van der Waals surface area contributed by atoms with E-state index >= 15 is 0 Å². The van der Waals surface area contributed by atoms with Crippen molar-refractivity contribution in [2.24, 2.45) is 0 Å². The zero-order valence-corrected chi connectivity index (χ0v) is 12.6. The summed E-state index contributed by atoms with van der Waals surface area (Å²) in [5, 5.41) is 10.8. The van der Waals surface area contributed by atoms with Crippen molar-refractivity contribution < 1.29 is 23.0 Å². The third-order valence-corrected chi connectivity index (χ3v) is 4.12. The van der Waals surface area contributed by atoms with Gasteiger partial charge in [-0.25, -0.2) is 0 Å². The Hall–Kier alpha value is -2.27. The van der Waals surface area contributed by atoms with Crippen LogP contribution in [-0.4, -0.2) is 18.4 Å². The highest BCUT2D eigenvalue weighted by Gasteiger charge is 2.49. The van der Waals surface area contributed by atoms with Crippen molar-refractivity contribution in [1.82, 2.24) is 0 Å². The van der Waals surface area contributed by atoms with E-state index in [1.807, 2.05) is 0 Å². The van der Waals surface area contributed by atoms with Gasteiger partial charge in [-0.3, -0.25) is 0 Å². The molecule has 0 bridgehead atoms. The van der Waals surface area contributed by atoms with E-state index in [-0.39, 0.29) is 16.7 Å². The van der Waals surface area contributed by atoms with Crippen LogP contribution in [0.2, 0.25) is 0 Å². The van der Waals surface area contributed by atoms with Gasteiger partial charge in [-0.1, -0.05) is 36.4 Å². The molecule has 1 aliphatic rings. The van der Waals surface area contributed by atoms with Gasteiger partial charge in [-0.05, 0) is 35.7 Å². The molecule has 3 rings (SSSR count). The van der Waals surface area contributed by atoms with Crippen molar-refractivity contribution in [3.8, 4) is 5.75 Å². The van der Waals surface area contributed by atoms with Crippen LogP contribution in [0, 0.1) is 0 Å². The number of rotatable bonds is 2. The number of hydrogen-bond donors (Lipinski definition) is 1. The van der Waals surface area contributed by atoms with E-state index < -0.39 is 17.4 Å². The predicted octanol–water partition coefficient (Wildman–Crippen LogP) is 4.39. The topological polar surface area (TPSA) is 29.5 Å². The maximum atomic E-state index is 13.7. The second-order valence-corrected chi connectivity index (χ2v) is 5.59. The number of hydrogen-bond acceptors (Lipinski definition) is 2. The number of methoxy groups -OCH3 is 1. The van der Waals surface area contributed by atoms with Crippen molar-refractivity contribution in [3.05, 3.63) is 65.2 Å². The fourth-order valence-corrected chi connectivity index (χ4v) is 3.12. The minimum Gasteiger partial charge on any atom is -0.497 e. The summed E-state index contributed by atoms with van der Waals surface area (Å²) in [5.41, 5.74) is -2.03. The maximum absolute atomic E-state index is 13.7. The van der Waals surface area contributed by atoms with Gasteiger partial charge in [0.1, 0.15) is 11.4 Å². The summed E-state index contributed by atoms with van der Waals surface area (Å²) in [7, 11) is 1.48. The number of allylic oxidation sites excluding steroid dienone is 1. The van der Waals surface area contributed by atoms with Crippen LogP contribution in [0.1, 0.15) is 23.6 Å². The average Bonchev–Trinajstić information content (AvgIpc) is 2.75. The summed E-state index contributed by atoms with van der Waals surface area (Å²) in [6, 6.07) is 12.3. The molecule has 0 amide bonds. The molecule has 0 saturated heterocycles. The van der Waals surface area contributed by atoms with Gasteiger partial charge in [0.2, 0.25) is 0 Å². The first-order valence-corrected chi connectivity index (χ1v) is 7.05. The molecule has 1 N–H and O–H groups in total. The van der Waals surface area contributed by atoms with E-state index in [9.17, 15) is 18.3 Å². The molecule has 0 radical (unpaired) electrons. The van der Waals surface area contributed by atoms with Gasteiger partial charge in [0.05, 0.1) is 12.7 Å². The predicted molar refractivity (Wildman–Crippen MR) is 81.9 cm³/mol. The Balaban J connectivity index is 2.29. The van der Waals surface area contributed by atoms with Crippen molar-refractivity contribution in [2.75, 3.05) is 7.11 Å². The second kappa shape index (κ2) is 5.13. The molecule has 23 heavy (non-hydrogen) atoms. The first-order chi connectivity index (χ1) is 10.8. The van der Waals surface area contributed by atoms with E-state index in [2.05, 4.69) is 0 Å². The lowest BCUT2D eigenvalue weighted by Gasteiger charge is -2.24. The molecular formula is C18H15F3O2. The molecule has 0 aromatic heterocycles. The van der Waals surface area contributed by atoms with Gasteiger partial charge in [0, 0.05) is 5.57 Å². The standard InChI is InChI=1S/C18H15F3O2/c1-17(22)14-6-4-3-5-13(14)16(18(19,20)21)15(17)11-7-9-12(23-2)10-8-11/h3-10,22H,1-2H3. The molecule has 1 aliphatic carbocycles. The molecule has 120 valence electrons. The summed E-state index contributed by atoms with van der Waals surface area (Å²) >= 11 is 0. The number of ether oxygens (including phenoxy) is 1. The van der Waals surface area contributed by atoms with Crippen LogP contribution in [-0.2, 0) is 5.60 Å². The van der Waals surface area contributed by atoms with E-state index in [1.54, 1.807) is 18.2 Å². The lowest BCUT2D eigenvalue weighted by atomic mass is 9.88. The molecule has 0 heterocycles. The highest BCUT2D eigenvalue weighted by Crippen LogP contribution is 2.54. The molecule has 1 atom stereocenters. The average molecular weight is 320 g/mol. The number of aliphatic hydroxyl groups is 1. The van der Waals surface area contributed by atoms with E-state index in [4.69, 9.17) is 4.74 Å². The monoisotopic (exact) mass is 320 g/mol. The van der Waals surface area contributed by atoms with E-state index in [0.717, 1.165) is 0 Å². The summed E-state index contributed by atoms with van der Waals surface area (Å²) in [4.78, 5) is 0. The van der Waals surface area contributed by atoms with Gasteiger partial charge in [-0.2, -0.15) is 13.2 Å². The molecule has 1 unspecified atom stereocenters. The highest BCUT2D eigenvalue weighted by molar-refractivity contribution is 6.02. The zero-order chi connectivity index (χ0) is 16.8. The zero-order valence-electron chi connectivity index (χ0n) is 12.6. The number of alkyl halides is 3. The quantitative estimate of drug-likeness (QED) is 0.889. The van der Waals surface area contributed by atoms with E-state index in [0.29, 0.717) is 11.3 Å². The Morgan fingerprint density at radius 3 is 2.17 bits per heavy atom. The van der Waals surface area contributed by atoms with E-state index in [1.165, 1.54) is 44.4 Å². The number of halogens is 3. The molecular weight excluding hydrogens is 305 g/mol. The van der Waals surface area contributed by atoms with Crippen molar-refractivity contribution in [2.45, 2.75) is 18.7 Å². The lowest BCUT2D eigenvalue weighted by Crippen LogP contribution is -2.21. The van der Waals surface area contributed by atoms with Gasteiger partial charge >= 0.3 is 6.18 Å². The lowest BCUT2D eigenvalue weighted by molar-refractivity contribution is -0.0686. The molecule has 2 nitrogen and oxygen atoms in total. The molecule has 0 fully saturated rings. The van der Waals surface area contributed by atoms with Crippen LogP contribution in [0.3, 0.4) is 0 Å². The van der Waals surface area contributed by atoms with Gasteiger partial charge in [0.25, 0.3) is 0 Å². The summed E-state index contributed by atoms with van der Waals surface area (Å²) in [6.45, 7) is 1.39. The Morgan fingerprint density at radius 2 is 1.61 bits per heavy atom. The van der Waals surface area contributed by atoms with Crippen LogP contribution in [0.4, 0.5) is 13.2 Å².